The van der Waals surface area contributed by atoms with Crippen LogP contribution in [0.1, 0.15) is 93.4 Å². The molecule has 0 aromatic heterocycles. The lowest BCUT2D eigenvalue weighted by Crippen LogP contribution is -2.53. The van der Waals surface area contributed by atoms with E-state index in [1.807, 2.05) is 95.9 Å². The molecule has 2 saturated heterocycles. The number of halogens is 9. The smallest absolute Gasteiger partial charge is 0.369 e. The van der Waals surface area contributed by atoms with Gasteiger partial charge in [-0.2, -0.15) is 39.5 Å². The first kappa shape index (κ1) is 60.2. The number of nitrogens with zero attached hydrogens (tertiary/aromatic N) is 5. The summed E-state index contributed by atoms with van der Waals surface area (Å²) in [5.41, 5.74) is 5.19. The van der Waals surface area contributed by atoms with E-state index in [9.17, 15) is 53.9 Å². The third-order valence-corrected chi connectivity index (χ3v) is 15.4. The van der Waals surface area contributed by atoms with Gasteiger partial charge in [0.15, 0.2) is 0 Å². The summed E-state index contributed by atoms with van der Waals surface area (Å²) in [4.78, 5) is 51.3. The Morgan fingerprint density at radius 3 is 1.26 bits per heavy atom. The lowest BCUT2D eigenvalue weighted by atomic mass is 9.72. The number of aryl methyl sites for hydroxylation is 1. The summed E-state index contributed by atoms with van der Waals surface area (Å²) in [6, 6.07) is 41.7. The molecule has 80 heavy (non-hydrogen) atoms. The molecule has 0 saturated carbocycles. The number of carbonyl (C=O) groups excluding carboxylic acids is 3. The van der Waals surface area contributed by atoms with Gasteiger partial charge in [0.1, 0.15) is 12.1 Å². The molecule has 422 valence electrons. The van der Waals surface area contributed by atoms with Gasteiger partial charge < -0.3 is 20.4 Å². The molecule has 2 unspecified atom stereocenters. The number of alkyl halides is 9. The SMILES string of the molecule is CN(CCc1cc(C(F)(F)F)cc(C(F)(F)F)c1)C(=O)C(c1ccccc1)N1CCC(C(N)=O)(c2ccccc2)CC1.[C-]#[N+]C1(c2ccccc2)CCN(C(C(=O)N(C)CCc2cc(C)cc(C(F)(F)F)c2)c2ccccc2)CC1. The molecule has 0 bridgehead atoms. The Hall–Kier alpha value is -7.49. The molecule has 2 fully saturated rings. The van der Waals surface area contributed by atoms with Crippen LogP contribution in [0.5, 0.6) is 0 Å². The van der Waals surface area contributed by atoms with Crippen LogP contribution in [-0.4, -0.2) is 90.7 Å². The number of likely N-dealkylation sites (N-methyl/N-ethyl adjacent to an activating group) is 2. The van der Waals surface area contributed by atoms with Gasteiger partial charge in [-0.3, -0.25) is 24.2 Å². The Kier molecular flexibility index (Phi) is 19.0. The van der Waals surface area contributed by atoms with Gasteiger partial charge in [-0.15, -0.1) is 0 Å². The molecular weight excluding hydrogens is 1050 g/mol. The van der Waals surface area contributed by atoms with Crippen LogP contribution in [-0.2, 0) is 56.7 Å². The molecule has 2 atom stereocenters. The van der Waals surface area contributed by atoms with Gasteiger partial charge in [0.05, 0.1) is 22.1 Å². The highest BCUT2D eigenvalue weighted by Crippen LogP contribution is 2.42. The summed E-state index contributed by atoms with van der Waals surface area (Å²) < 4.78 is 120. The highest BCUT2D eigenvalue weighted by molar-refractivity contribution is 5.87. The van der Waals surface area contributed by atoms with E-state index in [2.05, 4.69) is 9.74 Å². The fourth-order valence-electron chi connectivity index (χ4n) is 10.8. The van der Waals surface area contributed by atoms with E-state index in [1.165, 1.54) is 11.9 Å². The van der Waals surface area contributed by atoms with Crippen molar-refractivity contribution >= 4 is 17.7 Å². The van der Waals surface area contributed by atoms with Crippen LogP contribution in [0.3, 0.4) is 0 Å². The van der Waals surface area contributed by atoms with E-state index in [-0.39, 0.29) is 36.4 Å². The van der Waals surface area contributed by atoms with Gasteiger partial charge in [-0.1, -0.05) is 133 Å². The highest BCUT2D eigenvalue weighted by atomic mass is 19.4. The minimum absolute atomic E-state index is 0.0850. The number of primary amides is 1. The van der Waals surface area contributed by atoms with Crippen molar-refractivity contribution in [2.75, 3.05) is 53.4 Å². The maximum Gasteiger partial charge on any atom is 0.416 e. The van der Waals surface area contributed by atoms with Crippen LogP contribution < -0.4 is 5.73 Å². The Bertz CT molecular complexity index is 3050. The number of piperidine rings is 2. The third-order valence-electron chi connectivity index (χ3n) is 15.4. The zero-order chi connectivity index (χ0) is 58.0. The first-order valence-corrected chi connectivity index (χ1v) is 26.2. The first-order valence-electron chi connectivity index (χ1n) is 26.2. The number of hydrogen-bond donors (Lipinski definition) is 1. The topological polar surface area (TPSA) is 94.5 Å². The van der Waals surface area contributed by atoms with Crippen molar-refractivity contribution in [3.05, 3.63) is 225 Å². The molecule has 6 aromatic rings. The van der Waals surface area contributed by atoms with Crippen LogP contribution in [0.25, 0.3) is 4.85 Å². The fraction of sp³-hybridized carbons (Fsp3) is 0.355. The number of hydrogen-bond acceptors (Lipinski definition) is 5. The Morgan fingerprint density at radius 2 is 0.887 bits per heavy atom. The normalized spacial score (nSPS) is 16.5. The average molecular weight is 1110 g/mol. The summed E-state index contributed by atoms with van der Waals surface area (Å²) >= 11 is 0. The molecular formula is C62H63F9N6O3. The largest absolute Gasteiger partial charge is 0.416 e. The van der Waals surface area contributed by atoms with Crippen molar-refractivity contribution in [3.63, 3.8) is 0 Å². The van der Waals surface area contributed by atoms with Crippen LogP contribution in [0, 0.1) is 13.5 Å². The summed E-state index contributed by atoms with van der Waals surface area (Å²) in [6.45, 7) is 11.7. The maximum atomic E-state index is 13.8. The summed E-state index contributed by atoms with van der Waals surface area (Å²) in [6.07, 6.45) is -12.2. The predicted octanol–water partition coefficient (Wildman–Crippen LogP) is 12.7. The average Bonchev–Trinajstić information content (AvgIpc) is 3.50. The van der Waals surface area contributed by atoms with Gasteiger partial charge in [0, 0.05) is 71.8 Å². The quantitative estimate of drug-likeness (QED) is 0.0817. The first-order chi connectivity index (χ1) is 37.8. The van der Waals surface area contributed by atoms with Gasteiger partial charge in [0.25, 0.3) is 5.54 Å². The number of nitrogens with two attached hydrogens (primary N) is 1. The lowest BCUT2D eigenvalue weighted by Gasteiger charge is -2.43. The molecule has 8 rings (SSSR count). The molecule has 6 aromatic carbocycles. The van der Waals surface area contributed by atoms with Gasteiger partial charge in [0.2, 0.25) is 17.7 Å². The molecule has 2 N–H and O–H groups in total. The van der Waals surface area contributed by atoms with Crippen molar-refractivity contribution in [1.29, 1.82) is 0 Å². The van der Waals surface area contributed by atoms with Crippen molar-refractivity contribution < 1.29 is 53.9 Å². The minimum atomic E-state index is -4.95. The van der Waals surface area contributed by atoms with Crippen molar-refractivity contribution in [3.8, 4) is 0 Å². The third kappa shape index (κ3) is 14.5. The number of amides is 3. The molecule has 18 heteroatoms. The van der Waals surface area contributed by atoms with Crippen molar-refractivity contribution in [1.82, 2.24) is 19.6 Å². The number of carbonyl (C=O) groups is 3. The number of benzene rings is 6. The zero-order valence-corrected chi connectivity index (χ0v) is 44.6. The molecule has 2 heterocycles. The van der Waals surface area contributed by atoms with Crippen molar-refractivity contribution in [2.24, 2.45) is 5.73 Å². The Labute approximate surface area is 460 Å². The van der Waals surface area contributed by atoms with E-state index in [0.717, 1.165) is 28.8 Å². The van der Waals surface area contributed by atoms with Crippen LogP contribution in [0.15, 0.2) is 158 Å². The van der Waals surface area contributed by atoms with Gasteiger partial charge >= 0.3 is 18.5 Å². The number of rotatable bonds is 15. The molecule has 0 aliphatic carbocycles. The fourth-order valence-corrected chi connectivity index (χ4v) is 10.8. The summed E-state index contributed by atoms with van der Waals surface area (Å²) in [7, 11) is 3.17. The second-order valence-corrected chi connectivity index (χ2v) is 20.7. The van der Waals surface area contributed by atoms with Gasteiger partial charge in [-0.25, -0.2) is 6.57 Å². The minimum Gasteiger partial charge on any atom is -0.369 e. The predicted molar refractivity (Wildman–Crippen MR) is 287 cm³/mol. The molecule has 2 aliphatic heterocycles. The summed E-state index contributed by atoms with van der Waals surface area (Å²) in [5, 5.41) is 0. The van der Waals surface area contributed by atoms with Gasteiger partial charge in [-0.05, 0) is 90.8 Å². The van der Waals surface area contributed by atoms with E-state index in [4.69, 9.17) is 12.3 Å². The van der Waals surface area contributed by atoms with E-state index < -0.39 is 64.2 Å². The molecule has 9 nitrogen and oxygen atoms in total. The van der Waals surface area contributed by atoms with Crippen LogP contribution >= 0.6 is 0 Å². The lowest BCUT2D eigenvalue weighted by molar-refractivity contribution is -0.143. The zero-order valence-electron chi connectivity index (χ0n) is 44.6. The molecule has 0 spiro atoms. The van der Waals surface area contributed by atoms with E-state index in [0.29, 0.717) is 93.7 Å². The Morgan fingerprint density at radius 1 is 0.537 bits per heavy atom. The second kappa shape index (κ2) is 25.3. The molecule has 3 amide bonds. The van der Waals surface area contributed by atoms with E-state index in [1.54, 1.807) is 55.3 Å². The van der Waals surface area contributed by atoms with Crippen molar-refractivity contribution in [2.45, 2.75) is 87.0 Å². The monoisotopic (exact) mass is 1110 g/mol. The van der Waals surface area contributed by atoms with Crippen LogP contribution in [0.4, 0.5) is 39.5 Å². The standard InChI is InChI=1S/C31H31F6N3O2.C31H32F3N3O/c1-39(15-12-21-18-24(30(32,33)34)20-25(19-21)31(35,36)37)27(41)26(22-8-4-2-5-9-22)40-16-13-29(14-17-40,28(38)42)23-10-6-3-7-11-23;1-23-20-24(22-27(21-23)31(32,33)34)14-17-36(3)29(38)28(25-10-6-4-7-11-25)37-18-15-30(35-2,16-19-37)26-12-8-5-9-13-26/h2-11,18-20,26H,12-17H2,1H3,(H2,38,42);4-13,20-22,28H,14-19H2,1,3H3. The summed E-state index contributed by atoms with van der Waals surface area (Å²) in [5.74, 6) is -0.919. The van der Waals surface area contributed by atoms with Crippen LogP contribution in [0.2, 0.25) is 0 Å². The highest BCUT2D eigenvalue weighted by Gasteiger charge is 2.46. The Balaban J connectivity index is 0.000000232. The second-order valence-electron chi connectivity index (χ2n) is 20.7. The number of likely N-dealkylation sites (tertiary alicyclic amines) is 2. The van der Waals surface area contributed by atoms with E-state index >= 15 is 0 Å². The maximum absolute atomic E-state index is 13.8. The molecule has 0 radical (unpaired) electrons. The molecule has 2 aliphatic rings.